The molecule has 4 rings (SSSR count). The van der Waals surface area contributed by atoms with E-state index in [1.165, 1.54) is 7.11 Å². The Balaban J connectivity index is 1.87. The van der Waals surface area contributed by atoms with Crippen LogP contribution in [0.3, 0.4) is 0 Å². The topological polar surface area (TPSA) is 93.5 Å². The lowest BCUT2D eigenvalue weighted by molar-refractivity contribution is -0.139. The number of aliphatic carboxylic acids is 1. The number of hydrogen-bond donors (Lipinski definition) is 2. The van der Waals surface area contributed by atoms with Crippen LogP contribution in [-0.4, -0.2) is 39.9 Å². The van der Waals surface area contributed by atoms with Gasteiger partial charge < -0.3 is 19.7 Å². The maximum absolute atomic E-state index is 11.7. The molecule has 0 radical (unpaired) electrons. The smallest absolute Gasteiger partial charge is 0.407 e. The first-order chi connectivity index (χ1) is 16.6. The molecule has 7 nitrogen and oxygen atoms in total. The number of carbonyl (C=O) groups excluding carboxylic acids is 1. The van der Waals surface area contributed by atoms with Crippen molar-refractivity contribution in [2.24, 2.45) is 0 Å². The van der Waals surface area contributed by atoms with Crippen molar-refractivity contribution in [3.8, 4) is 0 Å². The second-order valence-corrected chi connectivity index (χ2v) is 7.81. The number of imidazole rings is 1. The molecule has 0 saturated heterocycles. The van der Waals surface area contributed by atoms with Crippen molar-refractivity contribution in [1.29, 1.82) is 0 Å². The van der Waals surface area contributed by atoms with Crippen molar-refractivity contribution < 1.29 is 19.4 Å². The Morgan fingerprint density at radius 3 is 1.79 bits per heavy atom. The van der Waals surface area contributed by atoms with Gasteiger partial charge in [0.1, 0.15) is 11.6 Å². The van der Waals surface area contributed by atoms with E-state index in [4.69, 9.17) is 0 Å². The maximum Gasteiger partial charge on any atom is 0.407 e. The molecular weight excluding hydrogens is 430 g/mol. The van der Waals surface area contributed by atoms with E-state index in [2.05, 4.69) is 51.4 Å². The number of benzene rings is 3. The Morgan fingerprint density at radius 1 is 0.912 bits per heavy atom. The van der Waals surface area contributed by atoms with Gasteiger partial charge in [0.05, 0.1) is 19.1 Å². The van der Waals surface area contributed by atoms with Crippen LogP contribution < -0.4 is 5.32 Å². The first kappa shape index (κ1) is 22.8. The molecule has 4 aromatic rings. The highest BCUT2D eigenvalue weighted by molar-refractivity contribution is 5.80. The molecule has 0 fully saturated rings. The molecule has 0 aliphatic heterocycles. The number of amides is 1. The molecule has 172 valence electrons. The zero-order valence-electron chi connectivity index (χ0n) is 18.7. The maximum atomic E-state index is 11.7. The summed E-state index contributed by atoms with van der Waals surface area (Å²) in [5.41, 5.74) is 2.86. The number of rotatable bonds is 8. The van der Waals surface area contributed by atoms with Crippen molar-refractivity contribution >= 4 is 12.1 Å². The molecular formula is C27H25N3O4. The zero-order chi connectivity index (χ0) is 24.0. The van der Waals surface area contributed by atoms with Crippen LogP contribution in [0.4, 0.5) is 4.79 Å². The van der Waals surface area contributed by atoms with Gasteiger partial charge in [-0.15, -0.1) is 0 Å². The van der Waals surface area contributed by atoms with E-state index < -0.39 is 23.6 Å². The second kappa shape index (κ2) is 10.0. The lowest BCUT2D eigenvalue weighted by atomic mass is 9.77. The third kappa shape index (κ3) is 4.41. The van der Waals surface area contributed by atoms with Crippen LogP contribution in [0.2, 0.25) is 0 Å². The molecule has 3 aromatic carbocycles. The Bertz CT molecular complexity index is 1140. The van der Waals surface area contributed by atoms with Crippen LogP contribution in [0.15, 0.2) is 104 Å². The summed E-state index contributed by atoms with van der Waals surface area (Å²) in [6.45, 7) is 0. The van der Waals surface area contributed by atoms with E-state index in [1.54, 1.807) is 6.33 Å². The Hall–Kier alpha value is -4.39. The minimum Gasteiger partial charge on any atom is -0.480 e. The van der Waals surface area contributed by atoms with E-state index >= 15 is 0 Å². The van der Waals surface area contributed by atoms with Crippen LogP contribution >= 0.6 is 0 Å². The average molecular weight is 456 g/mol. The molecule has 0 spiro atoms. The Labute approximate surface area is 197 Å². The number of aromatic nitrogens is 2. The Kier molecular flexibility index (Phi) is 6.73. The fourth-order valence-corrected chi connectivity index (χ4v) is 4.25. The molecule has 1 atom stereocenters. The van der Waals surface area contributed by atoms with E-state index in [1.807, 2.05) is 65.4 Å². The fourth-order valence-electron chi connectivity index (χ4n) is 4.25. The molecule has 1 amide bonds. The molecule has 1 aromatic heterocycles. The molecule has 1 unspecified atom stereocenters. The van der Waals surface area contributed by atoms with Crippen molar-refractivity contribution in [2.45, 2.75) is 18.0 Å². The summed E-state index contributed by atoms with van der Waals surface area (Å²) in [6, 6.07) is 29.1. The third-order valence-electron chi connectivity index (χ3n) is 5.79. The number of hydrogen-bond acceptors (Lipinski definition) is 4. The van der Waals surface area contributed by atoms with Crippen molar-refractivity contribution in [1.82, 2.24) is 14.9 Å². The predicted octanol–water partition coefficient (Wildman–Crippen LogP) is 4.08. The highest BCUT2D eigenvalue weighted by Gasteiger charge is 2.38. The first-order valence-corrected chi connectivity index (χ1v) is 10.8. The predicted molar refractivity (Wildman–Crippen MR) is 128 cm³/mol. The number of carboxylic acid groups (broad SMARTS) is 1. The minimum absolute atomic E-state index is 0.00584. The number of alkyl carbamates (subject to hydrolysis) is 1. The lowest BCUT2D eigenvalue weighted by Crippen LogP contribution is -2.42. The minimum atomic E-state index is -1.17. The summed E-state index contributed by atoms with van der Waals surface area (Å²) in [4.78, 5) is 27.9. The number of nitrogens with zero attached hydrogens (tertiary/aromatic N) is 2. The number of carboxylic acids is 1. The average Bonchev–Trinajstić information content (AvgIpc) is 3.34. The van der Waals surface area contributed by atoms with Gasteiger partial charge in [-0.3, -0.25) is 0 Å². The molecule has 34 heavy (non-hydrogen) atoms. The van der Waals surface area contributed by atoms with Gasteiger partial charge in [0.15, 0.2) is 0 Å². The highest BCUT2D eigenvalue weighted by atomic mass is 16.5. The van der Waals surface area contributed by atoms with Gasteiger partial charge in [-0.1, -0.05) is 91.0 Å². The molecule has 1 heterocycles. The quantitative estimate of drug-likeness (QED) is 0.391. The number of nitrogens with one attached hydrogen (secondary N) is 1. The summed E-state index contributed by atoms with van der Waals surface area (Å²) in [5, 5.41) is 11.9. The summed E-state index contributed by atoms with van der Waals surface area (Å²) >= 11 is 0. The molecule has 2 N–H and O–H groups in total. The van der Waals surface area contributed by atoms with Crippen LogP contribution in [-0.2, 0) is 21.5 Å². The normalized spacial score (nSPS) is 12.0. The molecule has 0 aliphatic carbocycles. The molecule has 7 heteroatoms. The van der Waals surface area contributed by atoms with Crippen molar-refractivity contribution in [2.75, 3.05) is 7.11 Å². The van der Waals surface area contributed by atoms with Crippen molar-refractivity contribution in [3.05, 3.63) is 126 Å². The monoisotopic (exact) mass is 455 g/mol. The summed E-state index contributed by atoms with van der Waals surface area (Å²) < 4.78 is 6.56. The number of methoxy groups -OCH3 is 1. The van der Waals surface area contributed by atoms with E-state index in [0.717, 1.165) is 16.7 Å². The first-order valence-electron chi connectivity index (χ1n) is 10.8. The summed E-state index contributed by atoms with van der Waals surface area (Å²) in [6.07, 6.45) is 2.74. The molecule has 0 aliphatic rings. The van der Waals surface area contributed by atoms with Gasteiger partial charge in [-0.05, 0) is 16.7 Å². The van der Waals surface area contributed by atoms with Gasteiger partial charge in [0.25, 0.3) is 0 Å². The number of carbonyl (C=O) groups is 2. The van der Waals surface area contributed by atoms with Crippen LogP contribution in [0.1, 0.15) is 22.4 Å². The molecule has 0 saturated carbocycles. The summed E-state index contributed by atoms with van der Waals surface area (Å²) in [7, 11) is 1.19. The van der Waals surface area contributed by atoms with Gasteiger partial charge in [-0.25, -0.2) is 14.6 Å². The Morgan fingerprint density at radius 2 is 1.38 bits per heavy atom. The summed E-state index contributed by atoms with van der Waals surface area (Å²) in [5.74, 6) is -1.17. The zero-order valence-corrected chi connectivity index (χ0v) is 18.7. The van der Waals surface area contributed by atoms with Crippen LogP contribution in [0.5, 0.6) is 0 Å². The van der Waals surface area contributed by atoms with E-state index in [9.17, 15) is 14.7 Å². The van der Waals surface area contributed by atoms with Crippen LogP contribution in [0, 0.1) is 0 Å². The SMILES string of the molecule is COC(=O)NC(Cc1cn(C(c2ccccc2)(c2ccccc2)c2ccccc2)cn1)C(=O)O. The van der Waals surface area contributed by atoms with Gasteiger partial charge in [-0.2, -0.15) is 0 Å². The number of ether oxygens (including phenoxy) is 1. The standard InChI is InChI=1S/C27H25N3O4/c1-34-26(33)29-24(25(31)32)17-23-18-30(19-28-23)27(20-11-5-2-6-12-20,21-13-7-3-8-14-21)22-15-9-4-10-16-22/h2-16,18-19,24H,17H2,1H3,(H,29,33)(H,31,32). The largest absolute Gasteiger partial charge is 0.480 e. The fraction of sp³-hybridized carbons (Fsp3) is 0.148. The van der Waals surface area contributed by atoms with E-state index in [-0.39, 0.29) is 6.42 Å². The highest BCUT2D eigenvalue weighted by Crippen LogP contribution is 2.40. The van der Waals surface area contributed by atoms with Crippen molar-refractivity contribution in [3.63, 3.8) is 0 Å². The second-order valence-electron chi connectivity index (χ2n) is 7.81. The van der Waals surface area contributed by atoms with E-state index in [0.29, 0.717) is 5.69 Å². The van der Waals surface area contributed by atoms with Crippen LogP contribution in [0.25, 0.3) is 0 Å². The molecule has 0 bridgehead atoms. The van der Waals surface area contributed by atoms with Gasteiger partial charge >= 0.3 is 12.1 Å². The van der Waals surface area contributed by atoms with Gasteiger partial charge in [0.2, 0.25) is 0 Å². The lowest BCUT2D eigenvalue weighted by Gasteiger charge is -2.37. The van der Waals surface area contributed by atoms with Gasteiger partial charge in [0, 0.05) is 12.6 Å². The third-order valence-corrected chi connectivity index (χ3v) is 5.79.